The highest BCUT2D eigenvalue weighted by Gasteiger charge is 2.58. The Morgan fingerprint density at radius 3 is 1.66 bits per heavy atom. The van der Waals surface area contributed by atoms with Gasteiger partial charge in [0.2, 0.25) is 0 Å². The molecule has 5 aliphatic rings. The third kappa shape index (κ3) is 7.54. The second-order valence-corrected chi connectivity index (χ2v) is 28.7. The second-order valence-electron chi connectivity index (χ2n) is 28.7. The Morgan fingerprint density at radius 2 is 1.03 bits per heavy atom. The van der Waals surface area contributed by atoms with Gasteiger partial charge in [0.1, 0.15) is 5.82 Å². The molecule has 7 aromatic carbocycles. The van der Waals surface area contributed by atoms with Crippen molar-refractivity contribution in [3.8, 4) is 11.1 Å². The summed E-state index contributed by atoms with van der Waals surface area (Å²) in [7, 11) is 0. The van der Waals surface area contributed by atoms with Crippen LogP contribution in [0.3, 0.4) is 0 Å². The van der Waals surface area contributed by atoms with Gasteiger partial charge < -0.3 is 14.7 Å². The molecule has 3 aliphatic heterocycles. The fourth-order valence-electron chi connectivity index (χ4n) is 14.7. The first-order valence-electron chi connectivity index (χ1n) is 28.7. The van der Waals surface area contributed by atoms with Crippen LogP contribution in [0.25, 0.3) is 11.1 Å². The Labute approximate surface area is 456 Å². The molecule has 3 heterocycles. The maximum Gasteiger partial charge on any atom is 0.252 e. The maximum atomic E-state index is 15.5. The molecule has 3 nitrogen and oxygen atoms in total. The van der Waals surface area contributed by atoms with Crippen molar-refractivity contribution in [2.45, 2.75) is 187 Å². The van der Waals surface area contributed by atoms with Crippen molar-refractivity contribution in [2.24, 2.45) is 0 Å². The van der Waals surface area contributed by atoms with Crippen LogP contribution in [-0.2, 0) is 32.5 Å². The molecule has 0 spiro atoms. The summed E-state index contributed by atoms with van der Waals surface area (Å²) in [5.74, 6) is -0.151. The van der Waals surface area contributed by atoms with Crippen molar-refractivity contribution in [2.75, 3.05) is 14.7 Å². The molecular weight excluding hydrogens is 925 g/mol. The van der Waals surface area contributed by atoms with Gasteiger partial charge in [-0.1, -0.05) is 170 Å². The van der Waals surface area contributed by atoms with Gasteiger partial charge in [-0.3, -0.25) is 0 Å². The predicted octanol–water partition coefficient (Wildman–Crippen LogP) is 17.9. The molecule has 1 saturated carbocycles. The van der Waals surface area contributed by atoms with Crippen LogP contribution in [0.2, 0.25) is 0 Å². The van der Waals surface area contributed by atoms with Gasteiger partial charge in [-0.25, -0.2) is 4.39 Å². The van der Waals surface area contributed by atoms with Gasteiger partial charge in [0.05, 0.1) is 11.2 Å². The van der Waals surface area contributed by atoms with Gasteiger partial charge in [-0.2, -0.15) is 0 Å². The summed E-state index contributed by atoms with van der Waals surface area (Å²) in [5.41, 5.74) is 24.8. The fraction of sp³-hybridized carbons (Fsp3) is 0.408. The van der Waals surface area contributed by atoms with Crippen LogP contribution in [0.15, 0.2) is 127 Å². The van der Waals surface area contributed by atoms with Crippen molar-refractivity contribution in [1.29, 1.82) is 0 Å². The summed E-state index contributed by atoms with van der Waals surface area (Å²) in [6.45, 7) is 38.2. The molecule has 76 heavy (non-hydrogen) atoms. The number of hydrogen-bond donors (Lipinski definition) is 0. The average Bonchev–Trinajstić information content (AvgIpc) is 3.66. The Kier molecular flexibility index (Phi) is 11.2. The SMILES string of the molecule is Cc1cc(C(C)(C)C)ccc1N1c2cc(N3c4ccc(F)cc4C4(C)CCCCC34C)ccc2B2c3cc4c(cc3N(c3ccc(C(C)(C)C)cc3-c3ccccc3)c3cc(C(C)(C)C)cc1c32)C(C)(C)CCC4(C)C. The van der Waals surface area contributed by atoms with Gasteiger partial charge >= 0.3 is 0 Å². The van der Waals surface area contributed by atoms with Crippen LogP contribution in [0.4, 0.5) is 49.9 Å². The van der Waals surface area contributed by atoms with Crippen LogP contribution in [0.5, 0.6) is 0 Å². The van der Waals surface area contributed by atoms with E-state index in [0.29, 0.717) is 0 Å². The minimum atomic E-state index is -0.238. The summed E-state index contributed by atoms with van der Waals surface area (Å²) >= 11 is 0. The lowest BCUT2D eigenvalue weighted by Gasteiger charge is -2.51. The summed E-state index contributed by atoms with van der Waals surface area (Å²) in [6.07, 6.45) is 6.66. The van der Waals surface area contributed by atoms with Crippen LogP contribution in [0.1, 0.15) is 181 Å². The highest BCUT2D eigenvalue weighted by atomic mass is 19.1. The highest BCUT2D eigenvalue weighted by molar-refractivity contribution is 7.00. The number of benzene rings is 7. The smallest absolute Gasteiger partial charge is 0.252 e. The first-order chi connectivity index (χ1) is 35.6. The molecule has 0 radical (unpaired) electrons. The lowest BCUT2D eigenvalue weighted by Crippen LogP contribution is -2.62. The molecule has 1 fully saturated rings. The minimum Gasteiger partial charge on any atom is -0.334 e. The molecule has 5 heteroatoms. The number of aryl methyl sites for hydroxylation is 1. The lowest BCUT2D eigenvalue weighted by atomic mass is 9.33. The Morgan fingerprint density at radius 1 is 0.461 bits per heavy atom. The largest absolute Gasteiger partial charge is 0.334 e. The molecule has 2 aliphatic carbocycles. The zero-order valence-electron chi connectivity index (χ0n) is 48.7. The molecule has 390 valence electrons. The van der Waals surface area contributed by atoms with Crippen LogP contribution in [-0.4, -0.2) is 12.3 Å². The monoisotopic (exact) mass is 1010 g/mol. The molecule has 0 saturated heterocycles. The molecule has 0 bridgehead atoms. The standard InChI is InChI=1S/C71H81BFN3/c1-44-36-46(65(2,3)4)24-29-57(44)74-60-41-50(76-59-31-26-49(73)40-54(59)70(15)32-20-21-33-71(70,76)16)27-28-55(60)72-56-42-52-53(69(13,14)35-34-68(52,11)12)43-61(56)75(63-39-48(67(8,9)10)38-62(74)64(63)72)58-30-25-47(66(5,6)7)37-51(58)45-22-18-17-19-23-45/h17-19,22-31,36-43H,20-21,32-35H2,1-16H3. The van der Waals surface area contributed by atoms with Crippen molar-refractivity contribution in [3.05, 3.63) is 172 Å². The Bertz CT molecular complexity index is 3530. The number of anilines is 8. The Balaban J connectivity index is 1.22. The topological polar surface area (TPSA) is 9.72 Å². The molecule has 7 aromatic rings. The molecular formula is C71H81BFN3. The summed E-state index contributed by atoms with van der Waals surface area (Å²) in [6, 6.07) is 49.1. The zero-order chi connectivity index (χ0) is 54.0. The van der Waals surface area contributed by atoms with Crippen molar-refractivity contribution >= 4 is 68.6 Å². The van der Waals surface area contributed by atoms with E-state index in [1.54, 1.807) is 6.07 Å². The Hall–Kier alpha value is -6.07. The number of rotatable bonds is 4. The van der Waals surface area contributed by atoms with E-state index in [2.05, 4.69) is 241 Å². The third-order valence-electron chi connectivity index (χ3n) is 19.7. The van der Waals surface area contributed by atoms with Gasteiger partial charge in [0, 0.05) is 50.8 Å². The van der Waals surface area contributed by atoms with Crippen molar-refractivity contribution < 1.29 is 4.39 Å². The number of hydrogen-bond acceptors (Lipinski definition) is 3. The number of nitrogens with zero attached hydrogens (tertiary/aromatic N) is 3. The van der Waals surface area contributed by atoms with Crippen molar-refractivity contribution in [1.82, 2.24) is 0 Å². The average molecular weight is 1010 g/mol. The summed E-state index contributed by atoms with van der Waals surface area (Å²) in [5, 5.41) is 0. The fourth-order valence-corrected chi connectivity index (χ4v) is 14.7. The minimum absolute atomic E-state index is 0.00250. The van der Waals surface area contributed by atoms with E-state index < -0.39 is 0 Å². The number of fused-ring (bicyclic) bond motifs is 8. The van der Waals surface area contributed by atoms with E-state index in [1.807, 2.05) is 6.07 Å². The quantitative estimate of drug-likeness (QED) is 0.163. The van der Waals surface area contributed by atoms with E-state index in [-0.39, 0.29) is 50.6 Å². The van der Waals surface area contributed by atoms with Crippen LogP contribution < -0.4 is 31.1 Å². The normalized spacial score (nSPS) is 21.1. The lowest BCUT2D eigenvalue weighted by molar-refractivity contribution is 0.194. The zero-order valence-corrected chi connectivity index (χ0v) is 48.7. The molecule has 0 aromatic heterocycles. The molecule has 2 atom stereocenters. The first-order valence-corrected chi connectivity index (χ1v) is 28.7. The predicted molar refractivity (Wildman–Crippen MR) is 325 cm³/mol. The van der Waals surface area contributed by atoms with E-state index in [1.165, 1.54) is 101 Å². The molecule has 2 unspecified atom stereocenters. The van der Waals surface area contributed by atoms with Gasteiger partial charge in [0.25, 0.3) is 6.71 Å². The van der Waals surface area contributed by atoms with E-state index in [9.17, 15) is 0 Å². The summed E-state index contributed by atoms with van der Waals surface area (Å²) < 4.78 is 15.5. The van der Waals surface area contributed by atoms with Gasteiger partial charge in [-0.15, -0.1) is 0 Å². The van der Waals surface area contributed by atoms with Gasteiger partial charge in [0.15, 0.2) is 0 Å². The van der Waals surface area contributed by atoms with Crippen LogP contribution in [0, 0.1) is 12.7 Å². The van der Waals surface area contributed by atoms with E-state index in [0.717, 1.165) is 49.8 Å². The van der Waals surface area contributed by atoms with Gasteiger partial charge in [-0.05, 0) is 194 Å². The third-order valence-corrected chi connectivity index (χ3v) is 19.7. The molecule has 0 N–H and O–H groups in total. The second kappa shape index (κ2) is 16.7. The van der Waals surface area contributed by atoms with E-state index in [4.69, 9.17) is 0 Å². The highest BCUT2D eigenvalue weighted by Crippen LogP contribution is 2.62. The molecule has 0 amide bonds. The van der Waals surface area contributed by atoms with Crippen molar-refractivity contribution in [3.63, 3.8) is 0 Å². The number of halogens is 1. The first kappa shape index (κ1) is 50.7. The van der Waals surface area contributed by atoms with Crippen LogP contribution >= 0.6 is 0 Å². The summed E-state index contributed by atoms with van der Waals surface area (Å²) in [4.78, 5) is 7.99. The van der Waals surface area contributed by atoms with E-state index >= 15 is 4.39 Å². The maximum absolute atomic E-state index is 15.5. The molecule has 12 rings (SSSR count).